The van der Waals surface area contributed by atoms with Gasteiger partial charge in [-0.2, -0.15) is 0 Å². The van der Waals surface area contributed by atoms with Crippen molar-refractivity contribution in [1.82, 2.24) is 0 Å². The first-order chi connectivity index (χ1) is 7.15. The van der Waals surface area contributed by atoms with Crippen LogP contribution in [-0.2, 0) is 9.53 Å². The summed E-state index contributed by atoms with van der Waals surface area (Å²) in [6.45, 7) is 0.481. The van der Waals surface area contributed by atoms with Crippen LogP contribution in [0.1, 0.15) is 0 Å². The van der Waals surface area contributed by atoms with Crippen molar-refractivity contribution in [3.05, 3.63) is 28.7 Å². The SMILES string of the molecule is COC(=O)C(Br)CNc1ccccc1Br. The number of methoxy groups -OCH3 is 1. The fourth-order valence-electron chi connectivity index (χ4n) is 1.02. The Hall–Kier alpha value is -0.550. The highest BCUT2D eigenvalue weighted by molar-refractivity contribution is 9.10. The van der Waals surface area contributed by atoms with E-state index in [9.17, 15) is 4.79 Å². The lowest BCUT2D eigenvalue weighted by atomic mass is 10.3. The number of benzene rings is 1. The minimum atomic E-state index is -0.338. The van der Waals surface area contributed by atoms with Crippen LogP contribution in [0, 0.1) is 0 Å². The van der Waals surface area contributed by atoms with Crippen LogP contribution < -0.4 is 5.32 Å². The molecule has 0 aliphatic carbocycles. The van der Waals surface area contributed by atoms with Gasteiger partial charge in [-0.15, -0.1) is 0 Å². The highest BCUT2D eigenvalue weighted by Gasteiger charge is 2.14. The van der Waals surface area contributed by atoms with Crippen LogP contribution in [0.25, 0.3) is 0 Å². The van der Waals surface area contributed by atoms with Gasteiger partial charge in [0.2, 0.25) is 0 Å². The molecule has 5 heteroatoms. The number of nitrogens with one attached hydrogen (secondary N) is 1. The van der Waals surface area contributed by atoms with Crippen LogP contribution in [0.5, 0.6) is 0 Å². The molecule has 0 saturated carbocycles. The maximum Gasteiger partial charge on any atom is 0.321 e. The molecule has 0 aliphatic heterocycles. The molecule has 0 aliphatic rings. The normalized spacial score (nSPS) is 11.9. The van der Waals surface area contributed by atoms with Crippen LogP contribution in [0.4, 0.5) is 5.69 Å². The maximum atomic E-state index is 11.1. The summed E-state index contributed by atoms with van der Waals surface area (Å²) in [6, 6.07) is 7.72. The Bertz CT molecular complexity index is 344. The number of alkyl halides is 1. The average molecular weight is 337 g/mol. The Morgan fingerprint density at radius 3 is 2.80 bits per heavy atom. The molecule has 0 fully saturated rings. The minimum Gasteiger partial charge on any atom is -0.468 e. The molecule has 0 radical (unpaired) electrons. The van der Waals surface area contributed by atoms with Crippen molar-refractivity contribution in [3.63, 3.8) is 0 Å². The first kappa shape index (κ1) is 12.5. The Balaban J connectivity index is 2.50. The van der Waals surface area contributed by atoms with Gasteiger partial charge in [-0.3, -0.25) is 4.79 Å². The monoisotopic (exact) mass is 335 g/mol. The highest BCUT2D eigenvalue weighted by atomic mass is 79.9. The third-order valence-electron chi connectivity index (χ3n) is 1.80. The fourth-order valence-corrected chi connectivity index (χ4v) is 1.79. The third kappa shape index (κ3) is 3.83. The molecule has 0 saturated heterocycles. The number of halogens is 2. The van der Waals surface area contributed by atoms with Crippen LogP contribution in [-0.4, -0.2) is 24.5 Å². The summed E-state index contributed by atoms with van der Waals surface area (Å²) in [5, 5.41) is 3.13. The Kier molecular flexibility index (Phi) is 5.11. The lowest BCUT2D eigenvalue weighted by Gasteiger charge is -2.11. The number of esters is 1. The molecule has 1 aromatic carbocycles. The lowest BCUT2D eigenvalue weighted by Crippen LogP contribution is -2.24. The van der Waals surface area contributed by atoms with Crippen molar-refractivity contribution in [3.8, 4) is 0 Å². The molecule has 0 amide bonds. The molecule has 1 atom stereocenters. The van der Waals surface area contributed by atoms with Crippen LogP contribution in [0.3, 0.4) is 0 Å². The zero-order valence-corrected chi connectivity index (χ0v) is 11.3. The first-order valence-electron chi connectivity index (χ1n) is 4.35. The summed E-state index contributed by atoms with van der Waals surface area (Å²) in [4.78, 5) is 10.8. The molecule has 1 unspecified atom stereocenters. The van der Waals surface area contributed by atoms with Crippen molar-refractivity contribution in [2.75, 3.05) is 19.0 Å². The summed E-state index contributed by atoms with van der Waals surface area (Å²) in [6.07, 6.45) is 0. The van der Waals surface area contributed by atoms with Crippen molar-refractivity contribution < 1.29 is 9.53 Å². The van der Waals surface area contributed by atoms with Gasteiger partial charge >= 0.3 is 5.97 Å². The second-order valence-electron chi connectivity index (χ2n) is 2.85. The van der Waals surface area contributed by atoms with Crippen LogP contribution >= 0.6 is 31.9 Å². The molecule has 0 spiro atoms. The zero-order valence-electron chi connectivity index (χ0n) is 8.17. The van der Waals surface area contributed by atoms with Crippen LogP contribution in [0.2, 0.25) is 0 Å². The minimum absolute atomic E-state index is 0.283. The second-order valence-corrected chi connectivity index (χ2v) is 4.81. The summed E-state index contributed by atoms with van der Waals surface area (Å²) in [7, 11) is 1.37. The second kappa shape index (κ2) is 6.12. The van der Waals surface area contributed by atoms with Gasteiger partial charge in [0.1, 0.15) is 4.83 Å². The fraction of sp³-hybridized carbons (Fsp3) is 0.300. The smallest absolute Gasteiger partial charge is 0.321 e. The van der Waals surface area contributed by atoms with E-state index in [-0.39, 0.29) is 10.8 Å². The van der Waals surface area contributed by atoms with E-state index in [0.29, 0.717) is 6.54 Å². The van der Waals surface area contributed by atoms with Crippen molar-refractivity contribution in [1.29, 1.82) is 0 Å². The van der Waals surface area contributed by atoms with Gasteiger partial charge < -0.3 is 10.1 Å². The molecule has 1 aromatic rings. The van der Waals surface area contributed by atoms with Gasteiger partial charge in [0.15, 0.2) is 0 Å². The molecule has 1 N–H and O–H groups in total. The number of anilines is 1. The number of ether oxygens (including phenoxy) is 1. The molecule has 0 bridgehead atoms. The molecule has 1 rings (SSSR count). The van der Waals surface area contributed by atoms with Gasteiger partial charge in [-0.1, -0.05) is 28.1 Å². The molecule has 3 nitrogen and oxygen atoms in total. The standard InChI is InChI=1S/C10H11Br2NO2/c1-15-10(14)8(12)6-13-9-5-3-2-4-7(9)11/h2-5,8,13H,6H2,1H3. The maximum absolute atomic E-state index is 11.1. The Labute approximate surface area is 105 Å². The zero-order chi connectivity index (χ0) is 11.3. The van der Waals surface area contributed by atoms with Crippen molar-refractivity contribution in [2.24, 2.45) is 0 Å². The average Bonchev–Trinajstić information content (AvgIpc) is 2.26. The van der Waals surface area contributed by atoms with E-state index in [2.05, 4.69) is 41.9 Å². The molecule has 15 heavy (non-hydrogen) atoms. The van der Waals surface area contributed by atoms with E-state index in [0.717, 1.165) is 10.2 Å². The van der Waals surface area contributed by atoms with E-state index >= 15 is 0 Å². The molecular weight excluding hydrogens is 326 g/mol. The van der Waals surface area contributed by atoms with E-state index in [1.807, 2.05) is 24.3 Å². The number of carbonyl (C=O) groups is 1. The molecule has 82 valence electrons. The van der Waals surface area contributed by atoms with Gasteiger partial charge in [-0.25, -0.2) is 0 Å². The van der Waals surface area contributed by atoms with Crippen LogP contribution in [0.15, 0.2) is 28.7 Å². The largest absolute Gasteiger partial charge is 0.468 e. The Morgan fingerprint density at radius 1 is 1.53 bits per heavy atom. The number of para-hydroxylation sites is 1. The molecule has 0 aromatic heterocycles. The summed E-state index contributed by atoms with van der Waals surface area (Å²) in [5.74, 6) is -0.283. The highest BCUT2D eigenvalue weighted by Crippen LogP contribution is 2.21. The van der Waals surface area contributed by atoms with Crippen molar-refractivity contribution in [2.45, 2.75) is 4.83 Å². The lowest BCUT2D eigenvalue weighted by molar-refractivity contribution is -0.139. The number of hydrogen-bond donors (Lipinski definition) is 1. The Morgan fingerprint density at radius 2 is 2.20 bits per heavy atom. The van der Waals surface area contributed by atoms with E-state index in [1.165, 1.54) is 7.11 Å². The summed E-state index contributed by atoms with van der Waals surface area (Å²) < 4.78 is 5.56. The molecule has 0 heterocycles. The van der Waals surface area contributed by atoms with Gasteiger partial charge in [-0.05, 0) is 28.1 Å². The van der Waals surface area contributed by atoms with E-state index in [1.54, 1.807) is 0 Å². The predicted octanol–water partition coefficient (Wildman–Crippen LogP) is 2.80. The summed E-state index contributed by atoms with van der Waals surface area (Å²) in [5.41, 5.74) is 0.950. The number of rotatable bonds is 4. The predicted molar refractivity (Wildman–Crippen MR) is 67.4 cm³/mol. The van der Waals surface area contributed by atoms with Gasteiger partial charge in [0.25, 0.3) is 0 Å². The van der Waals surface area contributed by atoms with Crippen molar-refractivity contribution >= 4 is 43.5 Å². The summed E-state index contributed by atoms with van der Waals surface area (Å²) >= 11 is 6.64. The van der Waals surface area contributed by atoms with E-state index in [4.69, 9.17) is 0 Å². The van der Waals surface area contributed by atoms with Gasteiger partial charge in [0.05, 0.1) is 7.11 Å². The van der Waals surface area contributed by atoms with E-state index < -0.39 is 0 Å². The topological polar surface area (TPSA) is 38.3 Å². The first-order valence-corrected chi connectivity index (χ1v) is 6.06. The number of hydrogen-bond acceptors (Lipinski definition) is 3. The molecular formula is C10H11Br2NO2. The third-order valence-corrected chi connectivity index (χ3v) is 3.19. The van der Waals surface area contributed by atoms with Gasteiger partial charge in [0, 0.05) is 16.7 Å². The number of carbonyl (C=O) groups excluding carboxylic acids is 1. The quantitative estimate of drug-likeness (QED) is 0.678.